The number of hydrogen-bond donors (Lipinski definition) is 1. The molecule has 1 aromatic rings. The molecule has 2 nitrogen and oxygen atoms in total. The lowest BCUT2D eigenvalue weighted by atomic mass is 10.1. The van der Waals surface area contributed by atoms with E-state index in [1.165, 1.54) is 25.2 Å². The summed E-state index contributed by atoms with van der Waals surface area (Å²) in [6, 6.07) is 0.0849. The number of rotatable bonds is 3. The van der Waals surface area contributed by atoms with Gasteiger partial charge in [-0.2, -0.15) is 0 Å². The number of aromatic nitrogens is 1. The van der Waals surface area contributed by atoms with E-state index in [-0.39, 0.29) is 6.04 Å². The summed E-state index contributed by atoms with van der Waals surface area (Å²) in [6.45, 7) is 4.94. The first-order valence-electron chi connectivity index (χ1n) is 4.29. The Morgan fingerprint density at radius 3 is 2.69 bits per heavy atom. The first-order chi connectivity index (χ1) is 5.89. The first kappa shape index (κ1) is 10.6. The summed E-state index contributed by atoms with van der Waals surface area (Å²) in [5.41, 5.74) is 4.78. The quantitative estimate of drug-likeness (QED) is 0.816. The van der Waals surface area contributed by atoms with Crippen molar-refractivity contribution in [2.45, 2.75) is 38.9 Å². The van der Waals surface area contributed by atoms with Crippen molar-refractivity contribution in [1.82, 2.24) is 4.98 Å². The molecule has 0 spiro atoms. The highest BCUT2D eigenvalue weighted by Gasteiger charge is 2.22. The van der Waals surface area contributed by atoms with E-state index < -0.39 is 5.67 Å². The molecule has 0 aliphatic rings. The van der Waals surface area contributed by atoms with Crippen LogP contribution in [0.15, 0.2) is 5.38 Å². The van der Waals surface area contributed by atoms with Crippen molar-refractivity contribution in [3.05, 3.63) is 16.1 Å². The fourth-order valence-corrected chi connectivity index (χ4v) is 2.04. The van der Waals surface area contributed by atoms with Gasteiger partial charge in [0.1, 0.15) is 5.67 Å². The van der Waals surface area contributed by atoms with Crippen LogP contribution in [0.25, 0.3) is 0 Å². The van der Waals surface area contributed by atoms with Crippen LogP contribution in [-0.4, -0.2) is 11.0 Å². The Morgan fingerprint density at radius 2 is 2.31 bits per heavy atom. The van der Waals surface area contributed by atoms with E-state index in [2.05, 4.69) is 4.98 Å². The van der Waals surface area contributed by atoms with Gasteiger partial charge in [0.05, 0.1) is 10.7 Å². The lowest BCUT2D eigenvalue weighted by Gasteiger charge is -2.09. The van der Waals surface area contributed by atoms with Crippen molar-refractivity contribution < 1.29 is 4.39 Å². The molecule has 1 rings (SSSR count). The van der Waals surface area contributed by atoms with Gasteiger partial charge in [0.2, 0.25) is 0 Å². The van der Waals surface area contributed by atoms with Crippen LogP contribution >= 0.6 is 11.3 Å². The van der Waals surface area contributed by atoms with Crippen LogP contribution in [0.3, 0.4) is 0 Å². The predicted molar refractivity (Wildman–Crippen MR) is 53.6 cm³/mol. The van der Waals surface area contributed by atoms with Gasteiger partial charge in [0.15, 0.2) is 0 Å². The van der Waals surface area contributed by atoms with Gasteiger partial charge in [0, 0.05) is 17.8 Å². The van der Waals surface area contributed by atoms with Crippen LogP contribution in [0.1, 0.15) is 31.5 Å². The lowest BCUT2D eigenvalue weighted by molar-refractivity contribution is 0.215. The SMILES string of the molecule is CC(N)Cc1nc(C(C)(C)F)cs1. The number of hydrogen-bond acceptors (Lipinski definition) is 3. The summed E-state index contributed by atoms with van der Waals surface area (Å²) in [6.07, 6.45) is 0.723. The molecule has 4 heteroatoms. The molecule has 0 aliphatic heterocycles. The zero-order valence-electron chi connectivity index (χ0n) is 8.17. The third-order valence-corrected chi connectivity index (χ3v) is 2.53. The summed E-state index contributed by atoms with van der Waals surface area (Å²) in [5, 5.41) is 2.67. The third-order valence-electron chi connectivity index (χ3n) is 1.66. The fourth-order valence-electron chi connectivity index (χ4n) is 0.953. The molecule has 0 radical (unpaired) electrons. The molecule has 0 saturated carbocycles. The smallest absolute Gasteiger partial charge is 0.148 e. The minimum Gasteiger partial charge on any atom is -0.328 e. The summed E-state index contributed by atoms with van der Waals surface area (Å²) < 4.78 is 13.4. The molecule has 0 bridgehead atoms. The Bertz CT molecular complexity index is 275. The van der Waals surface area contributed by atoms with Crippen molar-refractivity contribution in [2.24, 2.45) is 5.73 Å². The van der Waals surface area contributed by atoms with E-state index in [0.717, 1.165) is 11.4 Å². The van der Waals surface area contributed by atoms with Crippen LogP contribution in [0.2, 0.25) is 0 Å². The zero-order chi connectivity index (χ0) is 10.1. The van der Waals surface area contributed by atoms with Gasteiger partial charge in [-0.1, -0.05) is 0 Å². The largest absolute Gasteiger partial charge is 0.328 e. The topological polar surface area (TPSA) is 38.9 Å². The standard InChI is InChI=1S/C9H15FN2S/c1-6(11)4-8-12-7(5-13-8)9(2,3)10/h5-6H,4,11H2,1-3H3. The van der Waals surface area contributed by atoms with Crippen molar-refractivity contribution in [1.29, 1.82) is 0 Å². The highest BCUT2D eigenvalue weighted by Crippen LogP contribution is 2.26. The van der Waals surface area contributed by atoms with Crippen molar-refractivity contribution in [2.75, 3.05) is 0 Å². The van der Waals surface area contributed by atoms with Crippen molar-refractivity contribution in [3.8, 4) is 0 Å². The molecule has 1 unspecified atom stereocenters. The molecule has 1 atom stereocenters. The molecule has 1 heterocycles. The van der Waals surface area contributed by atoms with Gasteiger partial charge < -0.3 is 5.73 Å². The molecule has 0 aliphatic carbocycles. The number of halogens is 1. The summed E-state index contributed by atoms with van der Waals surface area (Å²) >= 11 is 1.47. The van der Waals surface area contributed by atoms with Gasteiger partial charge >= 0.3 is 0 Å². The van der Waals surface area contributed by atoms with Crippen molar-refractivity contribution >= 4 is 11.3 Å². The van der Waals surface area contributed by atoms with E-state index in [1.807, 2.05) is 6.92 Å². The second kappa shape index (κ2) is 3.72. The van der Waals surface area contributed by atoms with E-state index in [4.69, 9.17) is 5.73 Å². The molecule has 0 amide bonds. The summed E-state index contributed by atoms with van der Waals surface area (Å²) in [7, 11) is 0. The highest BCUT2D eigenvalue weighted by atomic mass is 32.1. The van der Waals surface area contributed by atoms with Crippen LogP contribution < -0.4 is 5.73 Å². The summed E-state index contributed by atoms with van der Waals surface area (Å²) in [4.78, 5) is 4.19. The van der Waals surface area contributed by atoms with Gasteiger partial charge in [-0.3, -0.25) is 0 Å². The summed E-state index contributed by atoms with van der Waals surface area (Å²) in [5.74, 6) is 0. The maximum Gasteiger partial charge on any atom is 0.148 e. The maximum atomic E-state index is 13.4. The normalized spacial score (nSPS) is 14.5. The zero-order valence-corrected chi connectivity index (χ0v) is 8.99. The molecule has 0 saturated heterocycles. The first-order valence-corrected chi connectivity index (χ1v) is 5.17. The van der Waals surface area contributed by atoms with Crippen LogP contribution in [0.4, 0.5) is 4.39 Å². The van der Waals surface area contributed by atoms with E-state index in [1.54, 1.807) is 5.38 Å². The minimum atomic E-state index is -1.34. The molecular formula is C9H15FN2S. The average molecular weight is 202 g/mol. The van der Waals surface area contributed by atoms with Gasteiger partial charge in [-0.15, -0.1) is 11.3 Å². The lowest BCUT2D eigenvalue weighted by Crippen LogP contribution is -2.18. The van der Waals surface area contributed by atoms with E-state index >= 15 is 0 Å². The monoisotopic (exact) mass is 202 g/mol. The Morgan fingerprint density at radius 1 is 1.69 bits per heavy atom. The van der Waals surface area contributed by atoms with E-state index in [0.29, 0.717) is 5.69 Å². The van der Waals surface area contributed by atoms with Crippen molar-refractivity contribution in [3.63, 3.8) is 0 Å². The molecular weight excluding hydrogens is 187 g/mol. The predicted octanol–water partition coefficient (Wildman–Crippen LogP) is 2.24. The Hall–Kier alpha value is -0.480. The molecule has 13 heavy (non-hydrogen) atoms. The average Bonchev–Trinajstić information content (AvgIpc) is 2.32. The van der Waals surface area contributed by atoms with Gasteiger partial charge in [-0.25, -0.2) is 9.37 Å². The van der Waals surface area contributed by atoms with Crippen LogP contribution in [-0.2, 0) is 12.1 Å². The number of thiazole rings is 1. The van der Waals surface area contributed by atoms with Crippen LogP contribution in [0.5, 0.6) is 0 Å². The Labute approximate surface area is 82.0 Å². The number of nitrogens with two attached hydrogens (primary N) is 1. The Kier molecular flexibility index (Phi) is 3.03. The molecule has 0 fully saturated rings. The minimum absolute atomic E-state index is 0.0849. The molecule has 0 aromatic carbocycles. The third kappa shape index (κ3) is 3.04. The van der Waals surface area contributed by atoms with E-state index in [9.17, 15) is 4.39 Å². The number of nitrogens with zero attached hydrogens (tertiary/aromatic N) is 1. The Balaban J connectivity index is 2.75. The maximum absolute atomic E-state index is 13.4. The second-order valence-corrected chi connectivity index (χ2v) is 4.72. The molecule has 2 N–H and O–H groups in total. The highest BCUT2D eigenvalue weighted by molar-refractivity contribution is 7.09. The van der Waals surface area contributed by atoms with Gasteiger partial charge in [0.25, 0.3) is 0 Å². The second-order valence-electron chi connectivity index (χ2n) is 3.78. The molecule has 1 aromatic heterocycles. The van der Waals surface area contributed by atoms with Gasteiger partial charge in [-0.05, 0) is 20.8 Å². The molecule has 74 valence electrons. The number of alkyl halides is 1. The van der Waals surface area contributed by atoms with Crippen LogP contribution in [0, 0.1) is 0 Å². The fraction of sp³-hybridized carbons (Fsp3) is 0.667.